The first-order valence-corrected chi connectivity index (χ1v) is 6.35. The number of nitrogens with zero attached hydrogens (tertiary/aromatic N) is 2. The van der Waals surface area contributed by atoms with E-state index in [0.717, 1.165) is 3.57 Å². The maximum Gasteiger partial charge on any atom is 0.278 e. The molecule has 17 heavy (non-hydrogen) atoms. The van der Waals surface area contributed by atoms with E-state index >= 15 is 0 Å². The van der Waals surface area contributed by atoms with Gasteiger partial charge in [-0.15, -0.1) is 0 Å². The summed E-state index contributed by atoms with van der Waals surface area (Å²) in [5, 5.41) is 0.895. The molecule has 0 spiro atoms. The summed E-state index contributed by atoms with van der Waals surface area (Å²) in [6, 6.07) is 1.65. The Hall–Kier alpha value is -0.530. The maximum absolute atomic E-state index is 6.05. The third kappa shape index (κ3) is 2.23. The number of ether oxygens (including phenoxy) is 2. The van der Waals surface area contributed by atoms with Crippen LogP contribution >= 0.6 is 45.8 Å². The van der Waals surface area contributed by atoms with Gasteiger partial charge >= 0.3 is 0 Å². The second-order valence-electron chi connectivity index (χ2n) is 3.10. The molecule has 0 saturated heterocycles. The van der Waals surface area contributed by atoms with Crippen LogP contribution in [0.25, 0.3) is 11.0 Å². The van der Waals surface area contributed by atoms with Crippen LogP contribution in [0, 0.1) is 3.57 Å². The molecule has 1 heterocycles. The first-order valence-electron chi connectivity index (χ1n) is 4.51. The lowest BCUT2D eigenvalue weighted by molar-refractivity contribution is 0.334. The molecule has 0 aliphatic heterocycles. The highest BCUT2D eigenvalue weighted by Gasteiger charge is 2.15. The van der Waals surface area contributed by atoms with Gasteiger partial charge < -0.3 is 9.47 Å². The van der Waals surface area contributed by atoms with Gasteiger partial charge in [-0.3, -0.25) is 0 Å². The van der Waals surface area contributed by atoms with Crippen molar-refractivity contribution in [3.8, 4) is 11.8 Å². The predicted molar refractivity (Wildman–Crippen MR) is 75.4 cm³/mol. The van der Waals surface area contributed by atoms with Crippen molar-refractivity contribution in [3.05, 3.63) is 19.7 Å². The van der Waals surface area contributed by atoms with Crippen LogP contribution < -0.4 is 9.47 Å². The van der Waals surface area contributed by atoms with Crippen LogP contribution in [0.5, 0.6) is 11.8 Å². The van der Waals surface area contributed by atoms with Crippen LogP contribution in [0.15, 0.2) is 6.07 Å². The van der Waals surface area contributed by atoms with E-state index in [-0.39, 0.29) is 0 Å². The summed E-state index contributed by atoms with van der Waals surface area (Å²) in [4.78, 5) is 8.58. The second kappa shape index (κ2) is 4.99. The van der Waals surface area contributed by atoms with Crippen LogP contribution in [0.3, 0.4) is 0 Å². The van der Waals surface area contributed by atoms with Gasteiger partial charge in [-0.1, -0.05) is 23.2 Å². The van der Waals surface area contributed by atoms with Crippen molar-refractivity contribution in [2.75, 3.05) is 14.2 Å². The van der Waals surface area contributed by atoms with Crippen LogP contribution in [-0.4, -0.2) is 24.2 Å². The number of rotatable bonds is 2. The standard InChI is InChI=1S/C10H7Cl2IN2O2/c1-16-9-10(17-2)15-8-5(14-9)3-4(11)6(12)7(8)13/h3H,1-2H3. The summed E-state index contributed by atoms with van der Waals surface area (Å²) in [7, 11) is 3.00. The topological polar surface area (TPSA) is 44.2 Å². The minimum Gasteiger partial charge on any atom is -0.477 e. The number of benzene rings is 1. The molecular weight excluding hydrogens is 378 g/mol. The molecule has 0 radical (unpaired) electrons. The van der Waals surface area contributed by atoms with Crippen molar-refractivity contribution in [2.45, 2.75) is 0 Å². The molecule has 0 N–H and O–H groups in total. The monoisotopic (exact) mass is 384 g/mol. The number of hydrogen-bond donors (Lipinski definition) is 0. The minimum absolute atomic E-state index is 0.314. The van der Waals surface area contributed by atoms with Crippen molar-refractivity contribution in [1.29, 1.82) is 0 Å². The molecule has 1 aromatic carbocycles. The lowest BCUT2D eigenvalue weighted by atomic mass is 10.3. The number of aromatic nitrogens is 2. The summed E-state index contributed by atoms with van der Waals surface area (Å²) in [5.41, 5.74) is 1.25. The normalized spacial score (nSPS) is 10.6. The van der Waals surface area contributed by atoms with E-state index in [1.54, 1.807) is 6.07 Å². The lowest BCUT2D eigenvalue weighted by Gasteiger charge is -2.09. The average Bonchev–Trinajstić information content (AvgIpc) is 2.34. The summed E-state index contributed by atoms with van der Waals surface area (Å²) in [6.45, 7) is 0. The molecule has 0 aliphatic rings. The molecule has 4 nitrogen and oxygen atoms in total. The molecule has 0 amide bonds. The van der Waals surface area contributed by atoms with E-state index in [1.165, 1.54) is 14.2 Å². The van der Waals surface area contributed by atoms with Crippen LogP contribution in [-0.2, 0) is 0 Å². The van der Waals surface area contributed by atoms with E-state index in [0.29, 0.717) is 32.8 Å². The smallest absolute Gasteiger partial charge is 0.278 e. The van der Waals surface area contributed by atoms with E-state index < -0.39 is 0 Å². The lowest BCUT2D eigenvalue weighted by Crippen LogP contribution is -1.98. The number of halogens is 3. The van der Waals surface area contributed by atoms with E-state index in [1.807, 2.05) is 0 Å². The highest BCUT2D eigenvalue weighted by atomic mass is 127. The van der Waals surface area contributed by atoms with Crippen molar-refractivity contribution in [2.24, 2.45) is 0 Å². The fourth-order valence-corrected chi connectivity index (χ4v) is 2.53. The highest BCUT2D eigenvalue weighted by Crippen LogP contribution is 2.35. The number of methoxy groups -OCH3 is 2. The molecule has 0 aliphatic carbocycles. The van der Waals surface area contributed by atoms with Gasteiger partial charge in [-0.05, 0) is 28.7 Å². The van der Waals surface area contributed by atoms with Crippen molar-refractivity contribution < 1.29 is 9.47 Å². The molecule has 0 fully saturated rings. The quantitative estimate of drug-likeness (QED) is 0.586. The van der Waals surface area contributed by atoms with E-state index in [9.17, 15) is 0 Å². The highest BCUT2D eigenvalue weighted by molar-refractivity contribution is 14.1. The fourth-order valence-electron chi connectivity index (χ4n) is 1.34. The number of hydrogen-bond acceptors (Lipinski definition) is 4. The third-order valence-electron chi connectivity index (χ3n) is 2.12. The average molecular weight is 385 g/mol. The van der Waals surface area contributed by atoms with Crippen molar-refractivity contribution in [1.82, 2.24) is 9.97 Å². The minimum atomic E-state index is 0.314. The maximum atomic E-state index is 6.05. The van der Waals surface area contributed by atoms with Gasteiger partial charge in [0, 0.05) is 0 Å². The molecular formula is C10H7Cl2IN2O2. The summed E-state index contributed by atoms with van der Waals surface area (Å²) in [6.07, 6.45) is 0. The first kappa shape index (κ1) is 12.9. The molecule has 0 unspecified atom stereocenters. The molecule has 2 rings (SSSR count). The zero-order valence-corrected chi connectivity index (χ0v) is 12.6. The molecule has 7 heteroatoms. The van der Waals surface area contributed by atoms with Crippen LogP contribution in [0.2, 0.25) is 10.0 Å². The first-order chi connectivity index (χ1) is 8.08. The zero-order valence-electron chi connectivity index (χ0n) is 8.92. The molecule has 0 saturated carbocycles. The third-order valence-corrected chi connectivity index (χ3v) is 4.28. The largest absolute Gasteiger partial charge is 0.477 e. The van der Waals surface area contributed by atoms with E-state index in [2.05, 4.69) is 32.6 Å². The fraction of sp³-hybridized carbons (Fsp3) is 0.200. The van der Waals surface area contributed by atoms with Gasteiger partial charge in [0.25, 0.3) is 11.8 Å². The summed E-state index contributed by atoms with van der Waals surface area (Å²) in [5.74, 6) is 0.630. The molecule has 0 bridgehead atoms. The van der Waals surface area contributed by atoms with Crippen LogP contribution in [0.1, 0.15) is 0 Å². The Bertz CT molecular complexity index is 592. The van der Waals surface area contributed by atoms with E-state index in [4.69, 9.17) is 32.7 Å². The second-order valence-corrected chi connectivity index (χ2v) is 4.96. The Morgan fingerprint density at radius 3 is 2.29 bits per heavy atom. The summed E-state index contributed by atoms with van der Waals surface area (Å²) < 4.78 is 10.9. The Balaban J connectivity index is 2.83. The van der Waals surface area contributed by atoms with Gasteiger partial charge in [-0.2, -0.15) is 0 Å². The van der Waals surface area contributed by atoms with Gasteiger partial charge in [0.1, 0.15) is 5.52 Å². The predicted octanol–water partition coefficient (Wildman–Crippen LogP) is 3.56. The molecule has 1 aromatic heterocycles. The van der Waals surface area contributed by atoms with Gasteiger partial charge in [0.15, 0.2) is 0 Å². The molecule has 2 aromatic rings. The van der Waals surface area contributed by atoms with Gasteiger partial charge in [0.05, 0.1) is 33.4 Å². The van der Waals surface area contributed by atoms with Crippen LogP contribution in [0.4, 0.5) is 0 Å². The Morgan fingerprint density at radius 2 is 1.71 bits per heavy atom. The van der Waals surface area contributed by atoms with Gasteiger partial charge in [0.2, 0.25) is 0 Å². The van der Waals surface area contributed by atoms with Crippen molar-refractivity contribution >= 4 is 56.8 Å². The summed E-state index contributed by atoms with van der Waals surface area (Å²) >= 11 is 14.1. The Kier molecular flexibility index (Phi) is 3.79. The van der Waals surface area contributed by atoms with Gasteiger partial charge in [-0.25, -0.2) is 9.97 Å². The molecule has 90 valence electrons. The van der Waals surface area contributed by atoms with Crippen molar-refractivity contribution in [3.63, 3.8) is 0 Å². The Morgan fingerprint density at radius 1 is 1.12 bits per heavy atom. The zero-order chi connectivity index (χ0) is 12.6. The number of fused-ring (bicyclic) bond motifs is 1. The molecule has 0 atom stereocenters. The SMILES string of the molecule is COc1nc2cc(Cl)c(Cl)c(I)c2nc1OC. The Labute approximate surface area is 121 Å².